The second-order valence-corrected chi connectivity index (χ2v) is 7.20. The second-order valence-electron chi connectivity index (χ2n) is 7.20. The van der Waals surface area contributed by atoms with Crippen LogP contribution in [0, 0.1) is 12.8 Å². The van der Waals surface area contributed by atoms with Crippen molar-refractivity contribution < 1.29 is 4.74 Å². The third-order valence-electron chi connectivity index (χ3n) is 4.60. The molecule has 3 N–H and O–H groups in total. The molecule has 132 valence electrons. The first-order valence-electron chi connectivity index (χ1n) is 9.07. The Morgan fingerprint density at radius 1 is 1.08 bits per heavy atom. The molecule has 0 aliphatic heterocycles. The first-order valence-corrected chi connectivity index (χ1v) is 9.07. The summed E-state index contributed by atoms with van der Waals surface area (Å²) in [5.74, 6) is 1.75. The third kappa shape index (κ3) is 4.05. The van der Waals surface area contributed by atoms with Gasteiger partial charge in [0.25, 0.3) is 0 Å². The summed E-state index contributed by atoms with van der Waals surface area (Å²) in [6.45, 7) is 7.83. The largest absolute Gasteiger partial charge is 0.493 e. The molecule has 0 amide bonds. The lowest BCUT2D eigenvalue weighted by atomic mass is 9.90. The van der Waals surface area contributed by atoms with Crippen molar-refractivity contribution in [2.24, 2.45) is 11.7 Å². The van der Waals surface area contributed by atoms with Crippen LogP contribution in [-0.4, -0.2) is 18.1 Å². The molecule has 0 bridgehead atoms. The molecule has 1 heterocycles. The lowest BCUT2D eigenvalue weighted by Gasteiger charge is -2.17. The van der Waals surface area contributed by atoms with E-state index in [0.717, 1.165) is 18.8 Å². The molecule has 3 aromatic rings. The number of rotatable bonds is 7. The van der Waals surface area contributed by atoms with Gasteiger partial charge in [0.2, 0.25) is 0 Å². The Kier molecular flexibility index (Phi) is 5.44. The lowest BCUT2D eigenvalue weighted by Crippen LogP contribution is -2.16. The number of nitrogens with one attached hydrogen (secondary N) is 1. The van der Waals surface area contributed by atoms with Gasteiger partial charge in [0.05, 0.1) is 6.61 Å². The first kappa shape index (κ1) is 17.6. The van der Waals surface area contributed by atoms with Crippen LogP contribution in [0.3, 0.4) is 0 Å². The molecule has 2 aromatic carbocycles. The van der Waals surface area contributed by atoms with Gasteiger partial charge in [-0.3, -0.25) is 0 Å². The molecule has 3 rings (SSSR count). The topological polar surface area (TPSA) is 51.0 Å². The fourth-order valence-electron chi connectivity index (χ4n) is 3.44. The van der Waals surface area contributed by atoms with Crippen LogP contribution in [0.25, 0.3) is 10.9 Å². The number of fused-ring (bicyclic) bond motifs is 1. The number of aromatic amines is 1. The van der Waals surface area contributed by atoms with Crippen molar-refractivity contribution in [2.75, 3.05) is 13.2 Å². The molecule has 0 fully saturated rings. The fourth-order valence-corrected chi connectivity index (χ4v) is 3.44. The van der Waals surface area contributed by atoms with E-state index in [2.05, 4.69) is 68.2 Å². The minimum atomic E-state index is 0.288. The normalized spacial score (nSPS) is 12.7. The zero-order chi connectivity index (χ0) is 17.8. The second kappa shape index (κ2) is 7.75. The van der Waals surface area contributed by atoms with Gasteiger partial charge in [-0.1, -0.05) is 44.2 Å². The number of aryl methyl sites for hydroxylation is 1. The van der Waals surface area contributed by atoms with E-state index in [9.17, 15) is 0 Å². The van der Waals surface area contributed by atoms with E-state index in [0.29, 0.717) is 12.5 Å². The van der Waals surface area contributed by atoms with E-state index in [1.807, 2.05) is 6.07 Å². The molecule has 0 saturated heterocycles. The van der Waals surface area contributed by atoms with Crippen LogP contribution < -0.4 is 10.5 Å². The molecule has 1 atom stereocenters. The maximum Gasteiger partial charge on any atom is 0.119 e. The number of para-hydroxylation sites is 1. The smallest absolute Gasteiger partial charge is 0.119 e. The van der Waals surface area contributed by atoms with Gasteiger partial charge in [-0.15, -0.1) is 0 Å². The standard InChI is InChI=1S/C22H28N2O/c1-15(2)14-25-19-8-6-7-17(12-19)11-18(13-23)22-16(3)24-21-10-5-4-9-20(21)22/h4-10,12,15,18,24H,11,13-14,23H2,1-3H3. The Morgan fingerprint density at radius 2 is 1.88 bits per heavy atom. The summed E-state index contributed by atoms with van der Waals surface area (Å²) in [5.41, 5.74) is 11.2. The monoisotopic (exact) mass is 336 g/mol. The third-order valence-corrected chi connectivity index (χ3v) is 4.60. The summed E-state index contributed by atoms with van der Waals surface area (Å²) in [4.78, 5) is 3.49. The summed E-state index contributed by atoms with van der Waals surface area (Å²) in [5, 5.41) is 1.28. The molecule has 0 radical (unpaired) electrons. The summed E-state index contributed by atoms with van der Waals surface area (Å²) < 4.78 is 5.87. The summed E-state index contributed by atoms with van der Waals surface area (Å²) in [7, 11) is 0. The van der Waals surface area contributed by atoms with E-state index < -0.39 is 0 Å². The Hall–Kier alpha value is -2.26. The Morgan fingerprint density at radius 3 is 2.64 bits per heavy atom. The predicted octanol–water partition coefficient (Wildman–Crippen LogP) is 4.80. The van der Waals surface area contributed by atoms with Crippen LogP contribution in [0.5, 0.6) is 5.75 Å². The molecular weight excluding hydrogens is 308 g/mol. The maximum absolute atomic E-state index is 6.16. The number of H-pyrrole nitrogens is 1. The van der Waals surface area contributed by atoms with E-state index in [1.165, 1.54) is 27.7 Å². The highest BCUT2D eigenvalue weighted by atomic mass is 16.5. The molecular formula is C22H28N2O. The van der Waals surface area contributed by atoms with Crippen molar-refractivity contribution in [2.45, 2.75) is 33.1 Å². The van der Waals surface area contributed by atoms with Crippen LogP contribution in [0.15, 0.2) is 48.5 Å². The van der Waals surface area contributed by atoms with Gasteiger partial charge < -0.3 is 15.5 Å². The minimum absolute atomic E-state index is 0.288. The molecule has 25 heavy (non-hydrogen) atoms. The molecule has 3 nitrogen and oxygen atoms in total. The van der Waals surface area contributed by atoms with Crippen molar-refractivity contribution in [3.05, 3.63) is 65.4 Å². The molecule has 0 spiro atoms. The Balaban J connectivity index is 1.85. The van der Waals surface area contributed by atoms with E-state index in [-0.39, 0.29) is 5.92 Å². The van der Waals surface area contributed by atoms with Crippen molar-refractivity contribution in [3.8, 4) is 5.75 Å². The summed E-state index contributed by atoms with van der Waals surface area (Å²) in [6.07, 6.45) is 0.915. The number of hydrogen-bond donors (Lipinski definition) is 2. The average Bonchev–Trinajstić information content (AvgIpc) is 2.94. The Bertz CT molecular complexity index is 835. The van der Waals surface area contributed by atoms with Crippen LogP contribution >= 0.6 is 0 Å². The van der Waals surface area contributed by atoms with Gasteiger partial charge in [0.15, 0.2) is 0 Å². The summed E-state index contributed by atoms with van der Waals surface area (Å²) in [6, 6.07) is 16.9. The zero-order valence-corrected chi connectivity index (χ0v) is 15.4. The maximum atomic E-state index is 6.16. The average molecular weight is 336 g/mol. The van der Waals surface area contributed by atoms with E-state index >= 15 is 0 Å². The number of aromatic nitrogens is 1. The molecule has 3 heteroatoms. The first-order chi connectivity index (χ1) is 12.1. The number of nitrogens with two attached hydrogens (primary N) is 1. The molecule has 0 aliphatic carbocycles. The molecule has 0 saturated carbocycles. The van der Waals surface area contributed by atoms with Crippen molar-refractivity contribution in [1.82, 2.24) is 4.98 Å². The van der Waals surface area contributed by atoms with Crippen molar-refractivity contribution in [3.63, 3.8) is 0 Å². The van der Waals surface area contributed by atoms with Crippen LogP contribution in [0.2, 0.25) is 0 Å². The highest BCUT2D eigenvalue weighted by Gasteiger charge is 2.18. The summed E-state index contributed by atoms with van der Waals surface area (Å²) >= 11 is 0. The number of ether oxygens (including phenoxy) is 1. The van der Waals surface area contributed by atoms with Crippen LogP contribution in [0.4, 0.5) is 0 Å². The van der Waals surface area contributed by atoms with Crippen LogP contribution in [0.1, 0.15) is 36.6 Å². The Labute approximate surface area is 150 Å². The predicted molar refractivity (Wildman–Crippen MR) is 105 cm³/mol. The molecule has 1 aromatic heterocycles. The molecule has 1 unspecified atom stereocenters. The van der Waals surface area contributed by atoms with Gasteiger partial charge in [-0.2, -0.15) is 0 Å². The quantitative estimate of drug-likeness (QED) is 0.651. The highest BCUT2D eigenvalue weighted by Crippen LogP contribution is 2.31. The van der Waals surface area contributed by atoms with Crippen molar-refractivity contribution >= 4 is 10.9 Å². The van der Waals surface area contributed by atoms with E-state index in [4.69, 9.17) is 10.5 Å². The SMILES string of the molecule is Cc1[nH]c2ccccc2c1C(CN)Cc1cccc(OCC(C)C)c1. The van der Waals surface area contributed by atoms with Gasteiger partial charge >= 0.3 is 0 Å². The van der Waals surface area contributed by atoms with E-state index in [1.54, 1.807) is 0 Å². The molecule has 0 aliphatic rings. The van der Waals surface area contributed by atoms with Gasteiger partial charge in [0, 0.05) is 22.5 Å². The fraction of sp³-hybridized carbons (Fsp3) is 0.364. The van der Waals surface area contributed by atoms with Gasteiger partial charge in [0.1, 0.15) is 5.75 Å². The van der Waals surface area contributed by atoms with Gasteiger partial charge in [-0.25, -0.2) is 0 Å². The lowest BCUT2D eigenvalue weighted by molar-refractivity contribution is 0.271. The zero-order valence-electron chi connectivity index (χ0n) is 15.4. The van der Waals surface area contributed by atoms with Crippen molar-refractivity contribution in [1.29, 1.82) is 0 Å². The number of hydrogen-bond acceptors (Lipinski definition) is 2. The minimum Gasteiger partial charge on any atom is -0.493 e. The van der Waals surface area contributed by atoms with Gasteiger partial charge in [-0.05, 0) is 55.1 Å². The van der Waals surface area contributed by atoms with Crippen LogP contribution in [-0.2, 0) is 6.42 Å². The number of benzene rings is 2. The highest BCUT2D eigenvalue weighted by molar-refractivity contribution is 5.85.